The molecule has 0 atom stereocenters. The number of hydrogen-bond donors (Lipinski definition) is 2. The molecule has 0 spiro atoms. The lowest BCUT2D eigenvalue weighted by Crippen LogP contribution is -2.39. The second-order valence-electron chi connectivity index (χ2n) is 9.96. The third-order valence-electron chi connectivity index (χ3n) is 6.95. The average molecular weight is 575 g/mol. The SMILES string of the molecule is Cc1cc(C#N)cc(C)c1Oc1nc(NC2CCN(Cc3ccc(S(N)(=O)=O)cc3)CC2)ncc1-c1ccsc1. The Bertz CT molecular complexity index is 1620. The van der Waals surface area contributed by atoms with E-state index in [9.17, 15) is 13.7 Å². The number of nitrogens with zero attached hydrogens (tertiary/aromatic N) is 4. The second-order valence-corrected chi connectivity index (χ2v) is 12.3. The molecule has 3 N–H and O–H groups in total. The van der Waals surface area contributed by atoms with E-state index in [2.05, 4.69) is 21.3 Å². The molecule has 0 amide bonds. The van der Waals surface area contributed by atoms with Gasteiger partial charge in [0.15, 0.2) is 0 Å². The molecule has 4 aromatic rings. The Kier molecular flexibility index (Phi) is 8.14. The van der Waals surface area contributed by atoms with Gasteiger partial charge < -0.3 is 10.1 Å². The van der Waals surface area contributed by atoms with Crippen molar-refractivity contribution in [3.8, 4) is 28.8 Å². The highest BCUT2D eigenvalue weighted by Crippen LogP contribution is 2.36. The van der Waals surface area contributed by atoms with Crippen molar-refractivity contribution < 1.29 is 13.2 Å². The highest BCUT2D eigenvalue weighted by atomic mass is 32.2. The Morgan fingerprint density at radius 1 is 1.15 bits per heavy atom. The summed E-state index contributed by atoms with van der Waals surface area (Å²) in [6, 6.07) is 14.8. The molecule has 0 saturated carbocycles. The first-order chi connectivity index (χ1) is 19.2. The van der Waals surface area contributed by atoms with E-state index < -0.39 is 10.0 Å². The second kappa shape index (κ2) is 11.7. The molecule has 0 bridgehead atoms. The van der Waals surface area contributed by atoms with Crippen LogP contribution >= 0.6 is 11.3 Å². The zero-order chi connectivity index (χ0) is 28.3. The Morgan fingerprint density at radius 3 is 2.45 bits per heavy atom. The van der Waals surface area contributed by atoms with E-state index in [1.807, 2.05) is 54.9 Å². The van der Waals surface area contributed by atoms with Crippen LogP contribution in [0, 0.1) is 25.2 Å². The standard InChI is InChI=1S/C29H30N6O3S2/c1-19-13-22(15-30)14-20(2)27(19)38-28-26(23-9-12-39-18-23)16-32-29(34-28)33-24-7-10-35(11-8-24)17-21-3-5-25(6-4-21)40(31,36)37/h3-6,9,12-14,16,18,24H,7-8,10-11,17H2,1-2H3,(H2,31,36,37)(H,32,33,34). The molecule has 2 aromatic heterocycles. The van der Waals surface area contributed by atoms with Crippen LogP contribution in [0.4, 0.5) is 5.95 Å². The summed E-state index contributed by atoms with van der Waals surface area (Å²) < 4.78 is 29.4. The molecule has 0 unspecified atom stereocenters. The zero-order valence-electron chi connectivity index (χ0n) is 22.3. The van der Waals surface area contributed by atoms with E-state index in [-0.39, 0.29) is 10.9 Å². The van der Waals surface area contributed by atoms with Crippen LogP contribution in [0.3, 0.4) is 0 Å². The van der Waals surface area contributed by atoms with Crippen LogP contribution in [0.2, 0.25) is 0 Å². The molecule has 1 aliphatic rings. The fourth-order valence-corrected chi connectivity index (χ4v) is 6.03. The fraction of sp³-hybridized carbons (Fsp3) is 0.276. The predicted octanol–water partition coefficient (Wildman–Crippen LogP) is 5.21. The van der Waals surface area contributed by atoms with Gasteiger partial charge in [-0.25, -0.2) is 18.5 Å². The molecule has 11 heteroatoms. The van der Waals surface area contributed by atoms with Crippen LogP contribution in [0.5, 0.6) is 11.6 Å². The molecule has 5 rings (SSSR count). The predicted molar refractivity (Wildman–Crippen MR) is 156 cm³/mol. The van der Waals surface area contributed by atoms with Crippen molar-refractivity contribution in [3.63, 3.8) is 0 Å². The third-order valence-corrected chi connectivity index (χ3v) is 8.57. The first kappa shape index (κ1) is 27.7. The number of primary sulfonamides is 1. The lowest BCUT2D eigenvalue weighted by Gasteiger charge is -2.32. The highest BCUT2D eigenvalue weighted by Gasteiger charge is 2.22. The van der Waals surface area contributed by atoms with Gasteiger partial charge in [0.25, 0.3) is 0 Å². The van der Waals surface area contributed by atoms with Crippen molar-refractivity contribution in [1.29, 1.82) is 5.26 Å². The number of benzene rings is 2. The van der Waals surface area contributed by atoms with Gasteiger partial charge in [-0.2, -0.15) is 21.6 Å². The van der Waals surface area contributed by atoms with E-state index in [1.54, 1.807) is 29.7 Å². The number of rotatable bonds is 8. The number of aromatic nitrogens is 2. The number of nitrogens with two attached hydrogens (primary N) is 1. The average Bonchev–Trinajstić information content (AvgIpc) is 3.46. The number of likely N-dealkylation sites (tertiary alicyclic amines) is 1. The van der Waals surface area contributed by atoms with Crippen LogP contribution in [0.1, 0.15) is 35.1 Å². The normalized spacial score (nSPS) is 14.6. The van der Waals surface area contributed by atoms with Gasteiger partial charge in [-0.3, -0.25) is 4.90 Å². The summed E-state index contributed by atoms with van der Waals surface area (Å²) in [5, 5.41) is 22.0. The minimum Gasteiger partial charge on any atom is -0.438 e. The molecular formula is C29H30N6O3S2. The van der Waals surface area contributed by atoms with Crippen LogP contribution in [-0.4, -0.2) is 42.4 Å². The molecule has 206 valence electrons. The van der Waals surface area contributed by atoms with Crippen molar-refractivity contribution >= 4 is 27.3 Å². The minimum absolute atomic E-state index is 0.122. The number of thiophene rings is 1. The van der Waals surface area contributed by atoms with E-state index in [0.29, 0.717) is 23.1 Å². The van der Waals surface area contributed by atoms with Gasteiger partial charge in [0.05, 0.1) is 22.1 Å². The zero-order valence-corrected chi connectivity index (χ0v) is 23.9. The minimum atomic E-state index is -3.69. The summed E-state index contributed by atoms with van der Waals surface area (Å²) in [5.41, 5.74) is 5.16. The third kappa shape index (κ3) is 6.48. The molecular weight excluding hydrogens is 544 g/mol. The molecule has 2 aromatic carbocycles. The van der Waals surface area contributed by atoms with Crippen molar-refractivity contribution in [3.05, 3.63) is 81.7 Å². The maximum absolute atomic E-state index is 11.5. The maximum atomic E-state index is 11.5. The van der Waals surface area contributed by atoms with Crippen LogP contribution in [-0.2, 0) is 16.6 Å². The number of ether oxygens (including phenoxy) is 1. The smallest absolute Gasteiger partial charge is 0.238 e. The van der Waals surface area contributed by atoms with E-state index in [0.717, 1.165) is 60.3 Å². The van der Waals surface area contributed by atoms with Gasteiger partial charge in [0.1, 0.15) is 5.75 Å². The van der Waals surface area contributed by atoms with Gasteiger partial charge in [-0.15, -0.1) is 0 Å². The van der Waals surface area contributed by atoms with E-state index >= 15 is 0 Å². The summed E-state index contributed by atoms with van der Waals surface area (Å²) in [6.07, 6.45) is 3.62. The molecule has 40 heavy (non-hydrogen) atoms. The van der Waals surface area contributed by atoms with Gasteiger partial charge in [-0.05, 0) is 90.0 Å². The number of hydrogen-bond acceptors (Lipinski definition) is 9. The topological polar surface area (TPSA) is 134 Å². The Balaban J connectivity index is 1.27. The summed E-state index contributed by atoms with van der Waals surface area (Å²) in [7, 11) is -3.69. The molecule has 0 radical (unpaired) electrons. The number of nitrogens with one attached hydrogen (secondary N) is 1. The fourth-order valence-electron chi connectivity index (χ4n) is 4.86. The molecule has 3 heterocycles. The maximum Gasteiger partial charge on any atom is 0.238 e. The number of nitriles is 1. The lowest BCUT2D eigenvalue weighted by atomic mass is 10.0. The molecule has 1 aliphatic heterocycles. The van der Waals surface area contributed by atoms with Crippen LogP contribution < -0.4 is 15.2 Å². The first-order valence-corrected chi connectivity index (χ1v) is 15.4. The van der Waals surface area contributed by atoms with Gasteiger partial charge >= 0.3 is 0 Å². The molecule has 9 nitrogen and oxygen atoms in total. The quantitative estimate of drug-likeness (QED) is 0.293. The molecule has 1 fully saturated rings. The monoisotopic (exact) mass is 574 g/mol. The van der Waals surface area contributed by atoms with Gasteiger partial charge in [0, 0.05) is 31.9 Å². The number of aryl methyl sites for hydroxylation is 2. The highest BCUT2D eigenvalue weighted by molar-refractivity contribution is 7.89. The lowest BCUT2D eigenvalue weighted by molar-refractivity contribution is 0.211. The number of piperidine rings is 1. The molecule has 1 saturated heterocycles. The van der Waals surface area contributed by atoms with Crippen LogP contribution in [0.15, 0.2) is 64.3 Å². The number of sulfonamides is 1. The Morgan fingerprint density at radius 2 is 1.85 bits per heavy atom. The Labute approximate surface area is 238 Å². The van der Waals surface area contributed by atoms with Crippen molar-refractivity contribution in [1.82, 2.24) is 14.9 Å². The van der Waals surface area contributed by atoms with Crippen molar-refractivity contribution in [2.75, 3.05) is 18.4 Å². The summed E-state index contributed by atoms with van der Waals surface area (Å²) in [5.74, 6) is 1.66. The molecule has 0 aliphatic carbocycles. The van der Waals surface area contributed by atoms with Crippen LogP contribution in [0.25, 0.3) is 11.1 Å². The largest absolute Gasteiger partial charge is 0.438 e. The Hall–Kier alpha value is -3.82. The van der Waals surface area contributed by atoms with E-state index in [1.165, 1.54) is 0 Å². The number of anilines is 1. The summed E-state index contributed by atoms with van der Waals surface area (Å²) in [6.45, 7) is 6.36. The summed E-state index contributed by atoms with van der Waals surface area (Å²) >= 11 is 1.60. The summed E-state index contributed by atoms with van der Waals surface area (Å²) in [4.78, 5) is 11.8. The first-order valence-electron chi connectivity index (χ1n) is 12.9. The van der Waals surface area contributed by atoms with Crippen molar-refractivity contribution in [2.45, 2.75) is 44.2 Å². The van der Waals surface area contributed by atoms with Gasteiger partial charge in [0.2, 0.25) is 21.9 Å². The van der Waals surface area contributed by atoms with Crippen molar-refractivity contribution in [2.24, 2.45) is 5.14 Å². The van der Waals surface area contributed by atoms with E-state index in [4.69, 9.17) is 14.9 Å². The van der Waals surface area contributed by atoms with Gasteiger partial charge in [-0.1, -0.05) is 12.1 Å².